The lowest BCUT2D eigenvalue weighted by molar-refractivity contribution is 0.130. The van der Waals surface area contributed by atoms with Crippen LogP contribution in [0.1, 0.15) is 47.2 Å². The lowest BCUT2D eigenvalue weighted by Gasteiger charge is -2.12. The van der Waals surface area contributed by atoms with Crippen LogP contribution >= 0.6 is 23.2 Å². The Bertz CT molecular complexity index is 1830. The van der Waals surface area contributed by atoms with E-state index in [1.165, 1.54) is 21.3 Å². The molecule has 0 aliphatic carbocycles. The number of ether oxygens (including phenoxy) is 1. The van der Waals surface area contributed by atoms with Gasteiger partial charge in [0.15, 0.2) is 17.3 Å². The largest absolute Gasteiger partial charge is 0.480 e. The third-order valence-corrected chi connectivity index (χ3v) is 8.06. The molecule has 0 atom stereocenters. The number of nitrogens with zero attached hydrogens (tertiary/aromatic N) is 6. The molecule has 1 N–H and O–H groups in total. The van der Waals surface area contributed by atoms with Gasteiger partial charge in [-0.15, -0.1) is 0 Å². The summed E-state index contributed by atoms with van der Waals surface area (Å²) in [5.74, 6) is 0.982. The number of methoxy groups -OCH3 is 1. The van der Waals surface area contributed by atoms with Gasteiger partial charge in [0, 0.05) is 53.4 Å². The Morgan fingerprint density at radius 2 is 1.00 bits per heavy atom. The van der Waals surface area contributed by atoms with E-state index in [9.17, 15) is 0 Å². The fraction of sp³-hybridized carbons (Fsp3) is 0.250. The molecular weight excluding hydrogens is 729 g/mol. The van der Waals surface area contributed by atoms with Crippen molar-refractivity contribution in [2.45, 2.75) is 27.1 Å². The minimum absolute atomic E-state index is 0.255. The minimum atomic E-state index is 0.255. The van der Waals surface area contributed by atoms with Crippen LogP contribution in [0, 0.1) is 0 Å². The third-order valence-electron chi connectivity index (χ3n) is 7.56. The van der Waals surface area contributed by atoms with Crippen molar-refractivity contribution in [2.24, 2.45) is 30.6 Å². The van der Waals surface area contributed by atoms with Gasteiger partial charge < -0.3 is 29.4 Å². The molecule has 0 unspecified atom stereocenters. The van der Waals surface area contributed by atoms with Crippen LogP contribution in [0.4, 0.5) is 0 Å². The highest BCUT2D eigenvalue weighted by atomic mass is 35.5. The summed E-state index contributed by atoms with van der Waals surface area (Å²) in [7, 11) is 9.61. The molecule has 0 saturated heterocycles. The van der Waals surface area contributed by atoms with Crippen molar-refractivity contribution < 1.29 is 24.1 Å². The summed E-state index contributed by atoms with van der Waals surface area (Å²) in [5, 5.41) is 21.0. The lowest BCUT2D eigenvalue weighted by Crippen LogP contribution is -2.29. The number of hydrogen-bond donors (Lipinski definition) is 1. The predicted octanol–water partition coefficient (Wildman–Crippen LogP) is 8.19. The van der Waals surface area contributed by atoms with Gasteiger partial charge in [-0.2, -0.15) is 0 Å². The van der Waals surface area contributed by atoms with Gasteiger partial charge in [-0.1, -0.05) is 117 Å². The molecule has 0 saturated carbocycles. The SMILES string of the molecule is CN=C(NC)/C(=N/OC)c1ccccc1CO/N=C(\C)c1ccc(Cl)cc1.CN=C(OC)/C(=N/OC)c1ccccc1CO/N=C(\C)c1ccc(Cl)cc1. The third kappa shape index (κ3) is 12.7. The van der Waals surface area contributed by atoms with Crippen LogP contribution < -0.4 is 5.32 Å². The average Bonchev–Trinajstić information content (AvgIpc) is 3.19. The number of hydrogen-bond acceptors (Lipinski definition) is 11. The molecule has 4 aromatic carbocycles. The first-order valence-electron chi connectivity index (χ1n) is 16.6. The van der Waals surface area contributed by atoms with Crippen molar-refractivity contribution in [3.05, 3.63) is 140 Å². The van der Waals surface area contributed by atoms with Gasteiger partial charge >= 0.3 is 0 Å². The number of nitrogens with one attached hydrogen (secondary N) is 1. The van der Waals surface area contributed by atoms with Crippen LogP contribution in [0.15, 0.2) is 128 Å². The molecule has 4 rings (SSSR count). The summed E-state index contributed by atoms with van der Waals surface area (Å²) < 4.78 is 5.29. The quantitative estimate of drug-likeness (QED) is 0.0781. The summed E-state index contributed by atoms with van der Waals surface area (Å²) in [6.45, 7) is 4.30. The Morgan fingerprint density at radius 1 is 0.574 bits per heavy atom. The summed E-state index contributed by atoms with van der Waals surface area (Å²) in [6.07, 6.45) is 0. The standard InChI is InChI=1S/C20H23ClN4O2.C20H22ClN3O3/c1-14(15-9-11-17(21)12-10-15)24-27-13-16-7-5-6-8-18(16)19(25-26-4)20(22-2)23-3;1-14(15-9-11-17(21)12-10-15)23-27-13-16-7-5-6-8-18(16)19(24-26-4)20(22-2)25-3/h5-12H,13H2,1-4H3,(H,22,23);5-12H,13H2,1-4H3/b24-14+,25-19+;22-20?,23-14+,24-19+. The van der Waals surface area contributed by atoms with E-state index in [0.717, 1.165) is 44.8 Å². The fourth-order valence-electron chi connectivity index (χ4n) is 4.88. The van der Waals surface area contributed by atoms with Crippen molar-refractivity contribution in [1.29, 1.82) is 0 Å². The molecule has 14 heteroatoms. The maximum absolute atomic E-state index is 5.92. The summed E-state index contributed by atoms with van der Waals surface area (Å²) in [6, 6.07) is 30.3. The first-order chi connectivity index (χ1) is 26.2. The molecule has 0 aliphatic heterocycles. The average molecular weight is 775 g/mol. The summed E-state index contributed by atoms with van der Waals surface area (Å²) in [5.41, 5.74) is 7.93. The predicted molar refractivity (Wildman–Crippen MR) is 220 cm³/mol. The van der Waals surface area contributed by atoms with E-state index >= 15 is 0 Å². The molecule has 12 nitrogen and oxygen atoms in total. The zero-order valence-corrected chi connectivity index (χ0v) is 33.1. The van der Waals surface area contributed by atoms with Gasteiger partial charge in [0.05, 0.1) is 18.5 Å². The lowest BCUT2D eigenvalue weighted by atomic mass is 10.0. The normalized spacial score (nSPS) is 12.7. The van der Waals surface area contributed by atoms with Crippen LogP contribution in [0.5, 0.6) is 0 Å². The minimum Gasteiger partial charge on any atom is -0.480 e. The van der Waals surface area contributed by atoms with E-state index < -0.39 is 0 Å². The topological polar surface area (TPSA) is 132 Å². The van der Waals surface area contributed by atoms with Crippen molar-refractivity contribution in [1.82, 2.24) is 5.32 Å². The molecule has 0 bridgehead atoms. The molecule has 0 fully saturated rings. The Morgan fingerprint density at radius 3 is 1.39 bits per heavy atom. The maximum Gasteiger partial charge on any atom is 0.238 e. The van der Waals surface area contributed by atoms with Crippen LogP contribution in [-0.2, 0) is 37.3 Å². The highest BCUT2D eigenvalue weighted by Gasteiger charge is 2.18. The highest BCUT2D eigenvalue weighted by molar-refractivity contribution is 6.47. The van der Waals surface area contributed by atoms with E-state index in [-0.39, 0.29) is 13.2 Å². The van der Waals surface area contributed by atoms with E-state index in [4.69, 9.17) is 47.3 Å². The van der Waals surface area contributed by atoms with Gasteiger partial charge in [-0.3, -0.25) is 9.98 Å². The summed E-state index contributed by atoms with van der Waals surface area (Å²) >= 11 is 11.8. The monoisotopic (exact) mass is 773 g/mol. The van der Waals surface area contributed by atoms with Gasteiger partial charge in [-0.25, -0.2) is 0 Å². The Labute approximate surface area is 326 Å². The van der Waals surface area contributed by atoms with Crippen LogP contribution in [-0.4, -0.2) is 77.1 Å². The molecule has 284 valence electrons. The Hall–Kier alpha value is -5.72. The molecule has 0 spiro atoms. The van der Waals surface area contributed by atoms with E-state index in [0.29, 0.717) is 33.2 Å². The Kier molecular flexibility index (Phi) is 18.2. The number of halogens is 2. The molecule has 0 radical (unpaired) electrons. The number of likely N-dealkylation sites (N-methyl/N-ethyl adjacent to an activating group) is 1. The van der Waals surface area contributed by atoms with Crippen LogP contribution in [0.25, 0.3) is 0 Å². The molecule has 54 heavy (non-hydrogen) atoms. The smallest absolute Gasteiger partial charge is 0.238 e. The van der Waals surface area contributed by atoms with E-state index in [1.54, 1.807) is 21.1 Å². The molecule has 0 aliphatic rings. The molecular formula is C40H45Cl2N7O5. The zero-order valence-electron chi connectivity index (χ0n) is 31.6. The first kappa shape index (κ1) is 42.7. The van der Waals surface area contributed by atoms with E-state index in [2.05, 4.69) is 35.9 Å². The number of benzene rings is 4. The number of rotatable bonds is 14. The van der Waals surface area contributed by atoms with Crippen molar-refractivity contribution in [3.8, 4) is 0 Å². The van der Waals surface area contributed by atoms with Gasteiger partial charge in [0.2, 0.25) is 5.90 Å². The van der Waals surface area contributed by atoms with Crippen molar-refractivity contribution in [3.63, 3.8) is 0 Å². The Balaban J connectivity index is 0.000000290. The highest BCUT2D eigenvalue weighted by Crippen LogP contribution is 2.17. The van der Waals surface area contributed by atoms with Crippen LogP contribution in [0.2, 0.25) is 10.0 Å². The van der Waals surface area contributed by atoms with Crippen molar-refractivity contribution >= 4 is 57.8 Å². The maximum atomic E-state index is 5.92. The van der Waals surface area contributed by atoms with Gasteiger partial charge in [0.1, 0.15) is 27.4 Å². The zero-order chi connectivity index (χ0) is 39.3. The molecule has 0 amide bonds. The fourth-order valence-corrected chi connectivity index (χ4v) is 5.13. The second-order valence-electron chi connectivity index (χ2n) is 11.0. The summed E-state index contributed by atoms with van der Waals surface area (Å²) in [4.78, 5) is 29.4. The molecule has 0 aromatic heterocycles. The molecule has 4 aromatic rings. The van der Waals surface area contributed by atoms with Crippen molar-refractivity contribution in [2.75, 3.05) is 42.5 Å². The number of aliphatic imine (C=N–C) groups is 2. The number of oxime groups is 4. The first-order valence-corrected chi connectivity index (χ1v) is 17.4. The second kappa shape index (κ2) is 23.1. The van der Waals surface area contributed by atoms with Gasteiger partial charge in [0.25, 0.3) is 0 Å². The van der Waals surface area contributed by atoms with Crippen LogP contribution in [0.3, 0.4) is 0 Å². The van der Waals surface area contributed by atoms with Gasteiger partial charge in [-0.05, 0) is 49.2 Å². The number of amidine groups is 1. The van der Waals surface area contributed by atoms with E-state index in [1.807, 2.05) is 111 Å². The molecule has 0 heterocycles. The second-order valence-corrected chi connectivity index (χ2v) is 11.9.